The highest BCUT2D eigenvalue weighted by Gasteiger charge is 2.34. The Bertz CT molecular complexity index is 1090. The SMILES string of the molecule is O=C(N[C@H](C(=O)NCc1ccco1)C1CCN(C(=O)CCc2ccccc2)CC1)c1ccccc1. The molecule has 0 radical (unpaired) electrons. The Morgan fingerprint density at radius 2 is 1.60 bits per heavy atom. The predicted octanol–water partition coefficient (Wildman–Crippen LogP) is 3.57. The zero-order valence-corrected chi connectivity index (χ0v) is 19.7. The Kier molecular flexibility index (Phi) is 8.33. The summed E-state index contributed by atoms with van der Waals surface area (Å²) in [5.74, 6) is 0.159. The molecule has 7 heteroatoms. The topological polar surface area (TPSA) is 91.7 Å². The molecule has 2 N–H and O–H groups in total. The maximum atomic E-state index is 13.1. The summed E-state index contributed by atoms with van der Waals surface area (Å²) in [5, 5.41) is 5.82. The van der Waals surface area contributed by atoms with Crippen molar-refractivity contribution in [3.05, 3.63) is 95.9 Å². The molecule has 1 aliphatic heterocycles. The Morgan fingerprint density at radius 1 is 0.914 bits per heavy atom. The molecule has 1 aromatic heterocycles. The molecule has 0 aliphatic carbocycles. The van der Waals surface area contributed by atoms with Crippen LogP contribution >= 0.6 is 0 Å². The molecular formula is C28H31N3O4. The summed E-state index contributed by atoms with van der Waals surface area (Å²) >= 11 is 0. The lowest BCUT2D eigenvalue weighted by molar-refractivity contribution is -0.133. The van der Waals surface area contributed by atoms with E-state index in [2.05, 4.69) is 10.6 Å². The Labute approximate surface area is 205 Å². The quantitative estimate of drug-likeness (QED) is 0.497. The highest BCUT2D eigenvalue weighted by atomic mass is 16.3. The van der Waals surface area contributed by atoms with Gasteiger partial charge in [0.05, 0.1) is 12.8 Å². The van der Waals surface area contributed by atoms with Gasteiger partial charge in [0, 0.05) is 25.1 Å². The number of nitrogens with zero attached hydrogens (tertiary/aromatic N) is 1. The molecule has 1 saturated heterocycles. The average Bonchev–Trinajstić information content (AvgIpc) is 3.44. The number of furan rings is 1. The van der Waals surface area contributed by atoms with E-state index >= 15 is 0 Å². The summed E-state index contributed by atoms with van der Waals surface area (Å²) in [6, 6.07) is 21.7. The number of benzene rings is 2. The Hall–Kier alpha value is -3.87. The van der Waals surface area contributed by atoms with Gasteiger partial charge in [-0.2, -0.15) is 0 Å². The number of hydrogen-bond donors (Lipinski definition) is 2. The number of carbonyl (C=O) groups is 3. The molecule has 7 nitrogen and oxygen atoms in total. The first-order valence-electron chi connectivity index (χ1n) is 12.1. The summed E-state index contributed by atoms with van der Waals surface area (Å²) in [6.07, 6.45) is 4.02. The van der Waals surface area contributed by atoms with Gasteiger partial charge < -0.3 is 20.0 Å². The van der Waals surface area contributed by atoms with Gasteiger partial charge in [-0.15, -0.1) is 0 Å². The van der Waals surface area contributed by atoms with Crippen LogP contribution < -0.4 is 10.6 Å². The summed E-state index contributed by atoms with van der Waals surface area (Å²) in [7, 11) is 0. The van der Waals surface area contributed by atoms with Crippen LogP contribution in [-0.4, -0.2) is 41.8 Å². The predicted molar refractivity (Wildman–Crippen MR) is 132 cm³/mol. The molecule has 1 aliphatic rings. The number of likely N-dealkylation sites (tertiary alicyclic amines) is 1. The molecule has 3 aromatic rings. The van der Waals surface area contributed by atoms with Gasteiger partial charge >= 0.3 is 0 Å². The fourth-order valence-corrected chi connectivity index (χ4v) is 4.45. The van der Waals surface area contributed by atoms with Crippen molar-refractivity contribution in [1.29, 1.82) is 0 Å². The zero-order chi connectivity index (χ0) is 24.5. The van der Waals surface area contributed by atoms with Crippen molar-refractivity contribution in [3.8, 4) is 0 Å². The fourth-order valence-electron chi connectivity index (χ4n) is 4.45. The van der Waals surface area contributed by atoms with Gasteiger partial charge in [0.1, 0.15) is 11.8 Å². The first kappa shape index (κ1) is 24.3. The third kappa shape index (κ3) is 6.82. The van der Waals surface area contributed by atoms with Gasteiger partial charge in [0.15, 0.2) is 0 Å². The molecule has 3 amide bonds. The van der Waals surface area contributed by atoms with Gasteiger partial charge in [-0.3, -0.25) is 14.4 Å². The monoisotopic (exact) mass is 473 g/mol. The molecular weight excluding hydrogens is 442 g/mol. The van der Waals surface area contributed by atoms with Crippen molar-refractivity contribution in [2.24, 2.45) is 5.92 Å². The number of amides is 3. The van der Waals surface area contributed by atoms with E-state index in [0.717, 1.165) is 5.56 Å². The highest BCUT2D eigenvalue weighted by molar-refractivity contribution is 5.97. The minimum atomic E-state index is -0.695. The standard InChI is InChI=1S/C28H31N3O4/c32-25(14-13-21-8-3-1-4-9-21)31-17-15-22(16-18-31)26(28(34)29-20-24-12-7-19-35-24)30-27(33)23-10-5-2-6-11-23/h1-12,19,22,26H,13-18,20H2,(H,29,34)(H,30,33)/t26-/m0/s1. The lowest BCUT2D eigenvalue weighted by Gasteiger charge is -2.36. The van der Waals surface area contributed by atoms with E-state index in [1.165, 1.54) is 0 Å². The summed E-state index contributed by atoms with van der Waals surface area (Å²) < 4.78 is 5.31. The molecule has 4 rings (SSSR count). The number of piperidine rings is 1. The number of rotatable bonds is 9. The lowest BCUT2D eigenvalue weighted by Crippen LogP contribution is -2.53. The fraction of sp³-hybridized carbons (Fsp3) is 0.321. The third-order valence-corrected chi connectivity index (χ3v) is 6.46. The van der Waals surface area contributed by atoms with Crippen LogP contribution in [0, 0.1) is 5.92 Å². The van der Waals surface area contributed by atoms with Crippen LogP contribution in [-0.2, 0) is 22.6 Å². The van der Waals surface area contributed by atoms with Crippen LogP contribution in [0.5, 0.6) is 0 Å². The van der Waals surface area contributed by atoms with Crippen molar-refractivity contribution < 1.29 is 18.8 Å². The molecule has 182 valence electrons. The smallest absolute Gasteiger partial charge is 0.251 e. The van der Waals surface area contributed by atoms with Crippen molar-refractivity contribution in [1.82, 2.24) is 15.5 Å². The van der Waals surface area contributed by atoms with E-state index in [0.29, 0.717) is 50.1 Å². The van der Waals surface area contributed by atoms with Gasteiger partial charge in [0.2, 0.25) is 11.8 Å². The van der Waals surface area contributed by atoms with Crippen LogP contribution in [0.15, 0.2) is 83.5 Å². The Balaban J connectivity index is 1.35. The van der Waals surface area contributed by atoms with E-state index in [4.69, 9.17) is 4.42 Å². The Morgan fingerprint density at radius 3 is 2.26 bits per heavy atom. The number of hydrogen-bond acceptors (Lipinski definition) is 4. The van der Waals surface area contributed by atoms with E-state index in [1.807, 2.05) is 41.3 Å². The van der Waals surface area contributed by atoms with Crippen molar-refractivity contribution >= 4 is 17.7 Å². The van der Waals surface area contributed by atoms with Crippen LogP contribution in [0.4, 0.5) is 0 Å². The number of aryl methyl sites for hydroxylation is 1. The minimum Gasteiger partial charge on any atom is -0.467 e. The second-order valence-electron chi connectivity index (χ2n) is 8.82. The lowest BCUT2D eigenvalue weighted by atomic mass is 9.88. The summed E-state index contributed by atoms with van der Waals surface area (Å²) in [5.41, 5.74) is 1.65. The molecule has 1 atom stereocenters. The number of nitrogens with one attached hydrogen (secondary N) is 2. The molecule has 0 unspecified atom stereocenters. The molecule has 2 aromatic carbocycles. The number of carbonyl (C=O) groups excluding carboxylic acids is 3. The van der Waals surface area contributed by atoms with Gasteiger partial charge in [-0.05, 0) is 55.0 Å². The molecule has 0 bridgehead atoms. The van der Waals surface area contributed by atoms with Crippen molar-refractivity contribution in [2.75, 3.05) is 13.1 Å². The van der Waals surface area contributed by atoms with E-state index in [-0.39, 0.29) is 30.2 Å². The normalized spacial score (nSPS) is 14.8. The third-order valence-electron chi connectivity index (χ3n) is 6.46. The van der Waals surface area contributed by atoms with Crippen molar-refractivity contribution in [3.63, 3.8) is 0 Å². The van der Waals surface area contributed by atoms with E-state index in [9.17, 15) is 14.4 Å². The molecule has 35 heavy (non-hydrogen) atoms. The second kappa shape index (κ2) is 12.0. The summed E-state index contributed by atoms with van der Waals surface area (Å²) in [4.78, 5) is 40.6. The molecule has 2 heterocycles. The first-order chi connectivity index (χ1) is 17.1. The highest BCUT2D eigenvalue weighted by Crippen LogP contribution is 2.23. The molecule has 0 saturated carbocycles. The largest absolute Gasteiger partial charge is 0.467 e. The van der Waals surface area contributed by atoms with Crippen LogP contribution in [0.25, 0.3) is 0 Å². The maximum Gasteiger partial charge on any atom is 0.251 e. The maximum absolute atomic E-state index is 13.1. The van der Waals surface area contributed by atoms with Crippen LogP contribution in [0.2, 0.25) is 0 Å². The average molecular weight is 474 g/mol. The first-order valence-corrected chi connectivity index (χ1v) is 12.1. The zero-order valence-electron chi connectivity index (χ0n) is 19.7. The van der Waals surface area contributed by atoms with E-state index in [1.54, 1.807) is 42.7 Å². The minimum absolute atomic E-state index is 0.0718. The molecule has 0 spiro atoms. The van der Waals surface area contributed by atoms with Gasteiger partial charge in [-0.1, -0.05) is 48.5 Å². The second-order valence-corrected chi connectivity index (χ2v) is 8.82. The van der Waals surface area contributed by atoms with Crippen LogP contribution in [0.3, 0.4) is 0 Å². The molecule has 1 fully saturated rings. The van der Waals surface area contributed by atoms with Gasteiger partial charge in [-0.25, -0.2) is 0 Å². The summed E-state index contributed by atoms with van der Waals surface area (Å²) in [6.45, 7) is 1.39. The van der Waals surface area contributed by atoms with E-state index < -0.39 is 6.04 Å². The van der Waals surface area contributed by atoms with Gasteiger partial charge in [0.25, 0.3) is 5.91 Å². The van der Waals surface area contributed by atoms with Crippen molar-refractivity contribution in [2.45, 2.75) is 38.3 Å². The van der Waals surface area contributed by atoms with Crippen LogP contribution in [0.1, 0.15) is 40.9 Å².